The maximum atomic E-state index is 14.2. The molecule has 128 valence electrons. The van der Waals surface area contributed by atoms with Crippen LogP contribution in [0.3, 0.4) is 0 Å². The number of fused-ring (bicyclic) bond motifs is 1. The number of hydrogen-bond donors (Lipinski definition) is 0. The van der Waals surface area contributed by atoms with Crippen LogP contribution in [0.25, 0.3) is 11.0 Å². The van der Waals surface area contributed by atoms with E-state index in [0.29, 0.717) is 10.5 Å². The van der Waals surface area contributed by atoms with Crippen molar-refractivity contribution in [1.29, 1.82) is 0 Å². The zero-order chi connectivity index (χ0) is 18.3. The molecule has 6 nitrogen and oxygen atoms in total. The third-order valence-corrected chi connectivity index (χ3v) is 4.72. The number of nitrogens with zero attached hydrogens (tertiary/aromatic N) is 3. The molecule has 0 aliphatic heterocycles. The average molecular weight is 427 g/mol. The van der Waals surface area contributed by atoms with Crippen LogP contribution in [-0.2, 0) is 0 Å². The van der Waals surface area contributed by atoms with Gasteiger partial charge in [-0.1, -0.05) is 11.6 Å². The topological polar surface area (TPSA) is 78.0 Å². The predicted octanol–water partition coefficient (Wildman–Crippen LogP) is 4.47. The monoisotopic (exact) mass is 425 g/mol. The molecule has 1 unspecified atom stereocenters. The highest BCUT2D eigenvalue weighted by atomic mass is 79.9. The van der Waals surface area contributed by atoms with Crippen molar-refractivity contribution in [3.63, 3.8) is 0 Å². The zero-order valence-electron chi connectivity index (χ0n) is 12.7. The van der Waals surface area contributed by atoms with Crippen molar-refractivity contribution >= 4 is 44.3 Å². The summed E-state index contributed by atoms with van der Waals surface area (Å²) >= 11 is 9.07. The summed E-state index contributed by atoms with van der Waals surface area (Å²) < 4.78 is 15.7. The second-order valence-electron chi connectivity index (χ2n) is 5.36. The van der Waals surface area contributed by atoms with Crippen LogP contribution in [-0.4, -0.2) is 14.5 Å². The fourth-order valence-corrected chi connectivity index (χ4v) is 3.31. The maximum absolute atomic E-state index is 14.2. The van der Waals surface area contributed by atoms with Gasteiger partial charge in [0, 0.05) is 16.7 Å². The summed E-state index contributed by atoms with van der Waals surface area (Å²) in [5, 5.41) is 11.4. The molecule has 0 fully saturated rings. The molecule has 0 aliphatic carbocycles. The molecule has 0 radical (unpaired) electrons. The van der Waals surface area contributed by atoms with Crippen LogP contribution in [0.2, 0.25) is 5.02 Å². The standard InChI is InChI=1S/C16H10BrClFN3O3/c1-8(10-4-9(18)2-3-12(10)19)21-15-5-11(17)14(22(24)25)6-13(15)20-7-16(21)23/h2-8H,1H3. The minimum atomic E-state index is -0.690. The van der Waals surface area contributed by atoms with Crippen LogP contribution >= 0.6 is 27.5 Å². The van der Waals surface area contributed by atoms with Crippen molar-refractivity contribution in [2.24, 2.45) is 0 Å². The molecule has 1 atom stereocenters. The van der Waals surface area contributed by atoms with Gasteiger partial charge >= 0.3 is 0 Å². The second-order valence-corrected chi connectivity index (χ2v) is 6.65. The smallest absolute Gasteiger partial charge is 0.285 e. The Kier molecular flexibility index (Phi) is 4.57. The number of aromatic nitrogens is 2. The number of halogens is 3. The lowest BCUT2D eigenvalue weighted by Gasteiger charge is -2.19. The summed E-state index contributed by atoms with van der Waals surface area (Å²) in [5.41, 5.74) is 0.198. The molecule has 0 spiro atoms. The van der Waals surface area contributed by atoms with Crippen LogP contribution in [0, 0.1) is 15.9 Å². The van der Waals surface area contributed by atoms with E-state index in [0.717, 1.165) is 6.20 Å². The molecule has 0 saturated heterocycles. The van der Waals surface area contributed by atoms with Crippen LogP contribution in [0.5, 0.6) is 0 Å². The Hall–Kier alpha value is -2.32. The van der Waals surface area contributed by atoms with Crippen molar-refractivity contribution in [3.8, 4) is 0 Å². The maximum Gasteiger partial charge on any atom is 0.285 e. The van der Waals surface area contributed by atoms with E-state index >= 15 is 0 Å². The Balaban J connectivity index is 2.30. The van der Waals surface area contributed by atoms with Crippen molar-refractivity contribution in [2.45, 2.75) is 13.0 Å². The van der Waals surface area contributed by atoms with Gasteiger partial charge in [-0.3, -0.25) is 19.5 Å². The fourth-order valence-electron chi connectivity index (χ4n) is 2.66. The first-order valence-corrected chi connectivity index (χ1v) is 8.27. The summed E-state index contributed by atoms with van der Waals surface area (Å²) in [6, 6.07) is 6.09. The molecule has 0 N–H and O–H groups in total. The molecule has 2 aromatic carbocycles. The summed E-state index contributed by atoms with van der Waals surface area (Å²) in [4.78, 5) is 26.8. The van der Waals surface area contributed by atoms with Gasteiger partial charge in [-0.05, 0) is 47.1 Å². The molecule has 0 aliphatic rings. The number of hydrogen-bond acceptors (Lipinski definition) is 4. The van der Waals surface area contributed by atoms with Crippen molar-refractivity contribution in [2.75, 3.05) is 0 Å². The molecule has 1 heterocycles. The summed E-state index contributed by atoms with van der Waals surface area (Å²) in [6.45, 7) is 1.64. The third-order valence-electron chi connectivity index (χ3n) is 3.85. The quantitative estimate of drug-likeness (QED) is 0.457. The number of nitro benzene ring substituents is 1. The predicted molar refractivity (Wildman–Crippen MR) is 95.6 cm³/mol. The highest BCUT2D eigenvalue weighted by Gasteiger charge is 2.20. The number of benzene rings is 2. The molecule has 25 heavy (non-hydrogen) atoms. The normalized spacial score (nSPS) is 12.3. The number of rotatable bonds is 3. The highest BCUT2D eigenvalue weighted by molar-refractivity contribution is 9.10. The van der Waals surface area contributed by atoms with E-state index < -0.39 is 22.3 Å². The van der Waals surface area contributed by atoms with Crippen LogP contribution in [0.1, 0.15) is 18.5 Å². The largest absolute Gasteiger partial charge is 0.298 e. The van der Waals surface area contributed by atoms with Gasteiger partial charge in [0.05, 0.1) is 32.7 Å². The van der Waals surface area contributed by atoms with Gasteiger partial charge in [-0.15, -0.1) is 0 Å². The van der Waals surface area contributed by atoms with Gasteiger partial charge in [0.2, 0.25) is 0 Å². The van der Waals surface area contributed by atoms with Gasteiger partial charge in [0.15, 0.2) is 0 Å². The third kappa shape index (κ3) is 3.14. The lowest BCUT2D eigenvalue weighted by atomic mass is 10.1. The van der Waals surface area contributed by atoms with Crippen LogP contribution in [0.4, 0.5) is 10.1 Å². The van der Waals surface area contributed by atoms with Crippen molar-refractivity contribution in [3.05, 3.63) is 77.9 Å². The molecule has 3 aromatic rings. The molecule has 3 rings (SSSR count). The molecule has 9 heteroatoms. The van der Waals surface area contributed by atoms with Crippen molar-refractivity contribution < 1.29 is 9.31 Å². The van der Waals surface area contributed by atoms with Gasteiger partial charge in [0.1, 0.15) is 5.82 Å². The lowest BCUT2D eigenvalue weighted by molar-refractivity contribution is -0.385. The fraction of sp³-hybridized carbons (Fsp3) is 0.125. The highest BCUT2D eigenvalue weighted by Crippen LogP contribution is 2.31. The summed E-state index contributed by atoms with van der Waals surface area (Å²) in [7, 11) is 0. The minimum Gasteiger partial charge on any atom is -0.298 e. The molecular formula is C16H10BrClFN3O3. The molecule has 1 aromatic heterocycles. The minimum absolute atomic E-state index is 0.174. The van der Waals surface area contributed by atoms with E-state index in [-0.39, 0.29) is 21.2 Å². The van der Waals surface area contributed by atoms with Gasteiger partial charge in [-0.25, -0.2) is 9.37 Å². The Morgan fingerprint density at radius 1 is 1.36 bits per heavy atom. The Morgan fingerprint density at radius 3 is 2.76 bits per heavy atom. The van der Waals surface area contributed by atoms with Gasteiger partial charge in [-0.2, -0.15) is 0 Å². The van der Waals surface area contributed by atoms with E-state index in [1.807, 2.05) is 0 Å². The lowest BCUT2D eigenvalue weighted by Crippen LogP contribution is -2.25. The molecular weight excluding hydrogens is 417 g/mol. The van der Waals surface area contributed by atoms with Crippen LogP contribution < -0.4 is 5.56 Å². The van der Waals surface area contributed by atoms with E-state index in [1.54, 1.807) is 6.92 Å². The first-order chi connectivity index (χ1) is 11.8. The first kappa shape index (κ1) is 17.5. The molecule has 0 amide bonds. The SMILES string of the molecule is CC(c1cc(Cl)ccc1F)n1c(=O)cnc2cc([N+](=O)[O-])c(Br)cc21. The van der Waals surface area contributed by atoms with E-state index in [9.17, 15) is 19.3 Å². The Bertz CT molecular complexity index is 1070. The zero-order valence-corrected chi connectivity index (χ0v) is 15.1. The Morgan fingerprint density at radius 2 is 2.08 bits per heavy atom. The first-order valence-electron chi connectivity index (χ1n) is 7.09. The van der Waals surface area contributed by atoms with Crippen molar-refractivity contribution in [1.82, 2.24) is 9.55 Å². The van der Waals surface area contributed by atoms with E-state index in [1.165, 1.54) is 34.9 Å². The molecule has 0 saturated carbocycles. The number of nitro groups is 1. The summed E-state index contributed by atoms with van der Waals surface area (Å²) in [5.74, 6) is -0.505. The second kappa shape index (κ2) is 6.53. The molecule has 0 bridgehead atoms. The Labute approximate surface area is 154 Å². The van der Waals surface area contributed by atoms with Gasteiger partial charge in [0.25, 0.3) is 11.2 Å². The van der Waals surface area contributed by atoms with Gasteiger partial charge < -0.3 is 0 Å². The van der Waals surface area contributed by atoms with Crippen LogP contribution in [0.15, 0.2) is 45.8 Å². The van der Waals surface area contributed by atoms with E-state index in [2.05, 4.69) is 20.9 Å². The van der Waals surface area contributed by atoms with E-state index in [4.69, 9.17) is 11.6 Å². The summed E-state index contributed by atoms with van der Waals surface area (Å²) in [6.07, 6.45) is 1.05. The average Bonchev–Trinajstić information content (AvgIpc) is 2.55.